The Morgan fingerprint density at radius 3 is 2.94 bits per heavy atom. The third-order valence-corrected chi connectivity index (χ3v) is 2.51. The summed E-state index contributed by atoms with van der Waals surface area (Å²) in [5, 5.41) is 9.00. The highest BCUT2D eigenvalue weighted by atomic mass is 16.5. The molecule has 0 saturated heterocycles. The largest absolute Gasteiger partial charge is 0.438 e. The SMILES string of the molecule is CCc1cccc(Oc2ncc(N)cc2C#N)c1. The Morgan fingerprint density at radius 2 is 2.22 bits per heavy atom. The Labute approximate surface area is 106 Å². The van der Waals surface area contributed by atoms with E-state index in [0.717, 1.165) is 6.42 Å². The van der Waals surface area contributed by atoms with Crippen molar-refractivity contribution in [3.05, 3.63) is 47.7 Å². The molecule has 1 aromatic carbocycles. The first-order valence-electron chi connectivity index (χ1n) is 5.65. The molecule has 0 aliphatic carbocycles. The number of nitriles is 1. The normalized spacial score (nSPS) is 9.78. The number of rotatable bonds is 3. The lowest BCUT2D eigenvalue weighted by Gasteiger charge is -2.07. The summed E-state index contributed by atoms with van der Waals surface area (Å²) in [7, 11) is 0. The second kappa shape index (κ2) is 5.19. The van der Waals surface area contributed by atoms with Crippen LogP contribution in [-0.2, 0) is 6.42 Å². The number of hydrogen-bond acceptors (Lipinski definition) is 4. The second-order valence-electron chi connectivity index (χ2n) is 3.84. The lowest BCUT2D eigenvalue weighted by atomic mass is 10.2. The molecule has 0 saturated carbocycles. The van der Waals surface area contributed by atoms with Crippen LogP contribution in [-0.4, -0.2) is 4.98 Å². The fraction of sp³-hybridized carbons (Fsp3) is 0.143. The molecule has 18 heavy (non-hydrogen) atoms. The van der Waals surface area contributed by atoms with Crippen molar-refractivity contribution in [2.75, 3.05) is 5.73 Å². The predicted octanol–water partition coefficient (Wildman–Crippen LogP) is 2.89. The number of anilines is 1. The van der Waals surface area contributed by atoms with Crippen molar-refractivity contribution in [3.8, 4) is 17.7 Å². The van der Waals surface area contributed by atoms with Crippen LogP contribution in [0.1, 0.15) is 18.1 Å². The molecule has 0 aliphatic rings. The lowest BCUT2D eigenvalue weighted by Crippen LogP contribution is -1.95. The van der Waals surface area contributed by atoms with Crippen LogP contribution in [0.25, 0.3) is 0 Å². The predicted molar refractivity (Wildman–Crippen MR) is 69.3 cm³/mol. The van der Waals surface area contributed by atoms with E-state index in [4.69, 9.17) is 15.7 Å². The average Bonchev–Trinajstić information content (AvgIpc) is 2.41. The lowest BCUT2D eigenvalue weighted by molar-refractivity contribution is 0.461. The molecule has 2 rings (SSSR count). The highest BCUT2D eigenvalue weighted by Crippen LogP contribution is 2.24. The van der Waals surface area contributed by atoms with Crippen LogP contribution in [0.5, 0.6) is 11.6 Å². The van der Waals surface area contributed by atoms with Crippen LogP contribution in [0, 0.1) is 11.3 Å². The Balaban J connectivity index is 2.31. The maximum atomic E-state index is 9.00. The summed E-state index contributed by atoms with van der Waals surface area (Å²) in [6.07, 6.45) is 2.40. The van der Waals surface area contributed by atoms with Crippen molar-refractivity contribution < 1.29 is 4.74 Å². The maximum absolute atomic E-state index is 9.00. The maximum Gasteiger partial charge on any atom is 0.237 e. The fourth-order valence-electron chi connectivity index (χ4n) is 1.57. The Kier molecular flexibility index (Phi) is 3.44. The van der Waals surface area contributed by atoms with E-state index in [-0.39, 0.29) is 5.88 Å². The summed E-state index contributed by atoms with van der Waals surface area (Å²) in [4.78, 5) is 4.03. The van der Waals surface area contributed by atoms with E-state index in [1.807, 2.05) is 30.3 Å². The molecule has 90 valence electrons. The Hall–Kier alpha value is -2.54. The molecule has 0 spiro atoms. The summed E-state index contributed by atoms with van der Waals surface area (Å²) in [5.74, 6) is 0.947. The topological polar surface area (TPSA) is 71.9 Å². The van der Waals surface area contributed by atoms with Crippen LogP contribution in [0.2, 0.25) is 0 Å². The summed E-state index contributed by atoms with van der Waals surface area (Å²) in [6.45, 7) is 2.07. The van der Waals surface area contributed by atoms with E-state index >= 15 is 0 Å². The minimum absolute atomic E-state index is 0.278. The van der Waals surface area contributed by atoms with Gasteiger partial charge in [0.05, 0.1) is 11.9 Å². The molecular weight excluding hydrogens is 226 g/mol. The van der Waals surface area contributed by atoms with E-state index in [0.29, 0.717) is 17.0 Å². The van der Waals surface area contributed by atoms with Gasteiger partial charge in [0.1, 0.15) is 17.4 Å². The standard InChI is InChI=1S/C14H13N3O/c1-2-10-4-3-5-13(6-10)18-14-11(8-15)7-12(16)9-17-14/h3-7,9H,2,16H2,1H3. The zero-order chi connectivity index (χ0) is 13.0. The summed E-state index contributed by atoms with van der Waals surface area (Å²) in [6, 6.07) is 11.3. The van der Waals surface area contributed by atoms with Crippen LogP contribution < -0.4 is 10.5 Å². The van der Waals surface area contributed by atoms with Crippen molar-refractivity contribution in [2.24, 2.45) is 0 Å². The van der Waals surface area contributed by atoms with Gasteiger partial charge in [0.2, 0.25) is 5.88 Å². The molecule has 0 amide bonds. The molecule has 1 aromatic heterocycles. The zero-order valence-electron chi connectivity index (χ0n) is 10.1. The van der Waals surface area contributed by atoms with Gasteiger partial charge >= 0.3 is 0 Å². The van der Waals surface area contributed by atoms with E-state index in [9.17, 15) is 0 Å². The third kappa shape index (κ3) is 2.58. The number of nitrogen functional groups attached to an aromatic ring is 1. The van der Waals surface area contributed by atoms with Crippen molar-refractivity contribution >= 4 is 5.69 Å². The Morgan fingerprint density at radius 1 is 1.39 bits per heavy atom. The van der Waals surface area contributed by atoms with Crippen LogP contribution in [0.3, 0.4) is 0 Å². The van der Waals surface area contributed by atoms with Crippen molar-refractivity contribution in [2.45, 2.75) is 13.3 Å². The highest BCUT2D eigenvalue weighted by Gasteiger charge is 2.07. The molecule has 2 aromatic rings. The zero-order valence-corrected chi connectivity index (χ0v) is 10.1. The van der Waals surface area contributed by atoms with Crippen LogP contribution in [0.4, 0.5) is 5.69 Å². The molecule has 4 nitrogen and oxygen atoms in total. The van der Waals surface area contributed by atoms with Gasteiger partial charge in [-0.3, -0.25) is 0 Å². The number of benzene rings is 1. The molecule has 0 aliphatic heterocycles. The van der Waals surface area contributed by atoms with Crippen molar-refractivity contribution in [1.82, 2.24) is 4.98 Å². The third-order valence-electron chi connectivity index (χ3n) is 2.51. The van der Waals surface area contributed by atoms with Crippen LogP contribution >= 0.6 is 0 Å². The number of hydrogen-bond donors (Lipinski definition) is 1. The van der Waals surface area contributed by atoms with Gasteiger partial charge in [0.25, 0.3) is 0 Å². The van der Waals surface area contributed by atoms with Gasteiger partial charge in [-0.1, -0.05) is 19.1 Å². The molecule has 1 heterocycles. The smallest absolute Gasteiger partial charge is 0.237 e. The number of aryl methyl sites for hydroxylation is 1. The van der Waals surface area contributed by atoms with Crippen LogP contribution in [0.15, 0.2) is 36.5 Å². The van der Waals surface area contributed by atoms with Crippen molar-refractivity contribution in [1.29, 1.82) is 5.26 Å². The molecule has 0 unspecified atom stereocenters. The molecule has 0 atom stereocenters. The quantitative estimate of drug-likeness (QED) is 0.893. The fourth-order valence-corrected chi connectivity index (χ4v) is 1.57. The summed E-state index contributed by atoms with van der Waals surface area (Å²) in [5.41, 5.74) is 7.52. The minimum atomic E-state index is 0.278. The first-order valence-corrected chi connectivity index (χ1v) is 5.65. The summed E-state index contributed by atoms with van der Waals surface area (Å²) >= 11 is 0. The summed E-state index contributed by atoms with van der Waals surface area (Å²) < 4.78 is 5.61. The number of ether oxygens (including phenoxy) is 1. The van der Waals surface area contributed by atoms with Gasteiger partial charge in [0, 0.05) is 0 Å². The number of pyridine rings is 1. The second-order valence-corrected chi connectivity index (χ2v) is 3.84. The van der Waals surface area contributed by atoms with E-state index in [2.05, 4.69) is 11.9 Å². The molecule has 0 bridgehead atoms. The monoisotopic (exact) mass is 239 g/mol. The van der Waals surface area contributed by atoms with Gasteiger partial charge in [0.15, 0.2) is 0 Å². The van der Waals surface area contributed by atoms with Crippen molar-refractivity contribution in [3.63, 3.8) is 0 Å². The van der Waals surface area contributed by atoms with Gasteiger partial charge in [-0.05, 0) is 30.2 Å². The van der Waals surface area contributed by atoms with E-state index in [1.165, 1.54) is 11.8 Å². The molecule has 2 N–H and O–H groups in total. The number of nitrogens with two attached hydrogens (primary N) is 1. The van der Waals surface area contributed by atoms with E-state index in [1.54, 1.807) is 6.07 Å². The molecular formula is C14H13N3O. The van der Waals surface area contributed by atoms with Gasteiger partial charge in [-0.25, -0.2) is 4.98 Å². The molecule has 0 radical (unpaired) electrons. The van der Waals surface area contributed by atoms with Gasteiger partial charge in [-0.15, -0.1) is 0 Å². The van der Waals surface area contributed by atoms with Gasteiger partial charge in [-0.2, -0.15) is 5.26 Å². The highest BCUT2D eigenvalue weighted by molar-refractivity contribution is 5.49. The minimum Gasteiger partial charge on any atom is -0.438 e. The number of nitrogens with zero attached hydrogens (tertiary/aromatic N) is 2. The van der Waals surface area contributed by atoms with E-state index < -0.39 is 0 Å². The first kappa shape index (κ1) is 11.9. The molecule has 0 fully saturated rings. The number of aromatic nitrogens is 1. The first-order chi connectivity index (χ1) is 8.72. The Bertz CT molecular complexity index is 602. The van der Waals surface area contributed by atoms with Gasteiger partial charge < -0.3 is 10.5 Å². The average molecular weight is 239 g/mol. The molecule has 4 heteroatoms.